The summed E-state index contributed by atoms with van der Waals surface area (Å²) >= 11 is 1.98. The molecule has 0 heterocycles. The van der Waals surface area contributed by atoms with Gasteiger partial charge in [0, 0.05) is 5.75 Å². The van der Waals surface area contributed by atoms with Crippen LogP contribution >= 0.6 is 11.8 Å². The van der Waals surface area contributed by atoms with Crippen LogP contribution in [0, 0.1) is 0 Å². The Hall–Kier alpha value is -0.630. The molecular formula is C13H20OS. The van der Waals surface area contributed by atoms with E-state index < -0.39 is 0 Å². The quantitative estimate of drug-likeness (QED) is 0.700. The van der Waals surface area contributed by atoms with Crippen molar-refractivity contribution in [2.75, 3.05) is 5.75 Å². The van der Waals surface area contributed by atoms with Gasteiger partial charge in [0.25, 0.3) is 0 Å². The summed E-state index contributed by atoms with van der Waals surface area (Å²) < 4.78 is 0. The molecule has 84 valence electrons. The lowest BCUT2D eigenvalue weighted by atomic mass is 10.2. The van der Waals surface area contributed by atoms with Crippen LogP contribution in [0.1, 0.15) is 38.2 Å². The SMILES string of the molecule is CCCCCCSCc1ccc(O)cc1. The fourth-order valence-corrected chi connectivity index (χ4v) is 2.39. The fraction of sp³-hybridized carbons (Fsp3) is 0.538. The number of rotatable bonds is 7. The minimum Gasteiger partial charge on any atom is -0.508 e. The molecule has 0 saturated heterocycles. The first kappa shape index (κ1) is 12.4. The van der Waals surface area contributed by atoms with Crippen molar-refractivity contribution in [1.29, 1.82) is 0 Å². The first-order chi connectivity index (χ1) is 7.33. The maximum Gasteiger partial charge on any atom is 0.115 e. The van der Waals surface area contributed by atoms with Crippen molar-refractivity contribution < 1.29 is 5.11 Å². The van der Waals surface area contributed by atoms with E-state index in [0.29, 0.717) is 5.75 Å². The molecular weight excluding hydrogens is 204 g/mol. The van der Waals surface area contributed by atoms with E-state index in [2.05, 4.69) is 6.92 Å². The Morgan fingerprint density at radius 1 is 1.07 bits per heavy atom. The topological polar surface area (TPSA) is 20.2 Å². The van der Waals surface area contributed by atoms with E-state index >= 15 is 0 Å². The van der Waals surface area contributed by atoms with Crippen molar-refractivity contribution in [2.24, 2.45) is 0 Å². The zero-order valence-corrected chi connectivity index (χ0v) is 10.2. The Bertz CT molecular complexity index is 256. The first-order valence-corrected chi connectivity index (χ1v) is 6.84. The molecule has 0 atom stereocenters. The Kier molecular flexibility index (Phi) is 6.33. The zero-order valence-electron chi connectivity index (χ0n) is 9.41. The number of aromatic hydroxyl groups is 1. The monoisotopic (exact) mass is 224 g/mol. The highest BCUT2D eigenvalue weighted by Crippen LogP contribution is 2.17. The van der Waals surface area contributed by atoms with Gasteiger partial charge in [-0.1, -0.05) is 38.3 Å². The lowest BCUT2D eigenvalue weighted by molar-refractivity contribution is 0.475. The molecule has 2 heteroatoms. The molecule has 1 N–H and O–H groups in total. The second-order valence-electron chi connectivity index (χ2n) is 3.78. The Morgan fingerprint density at radius 3 is 2.47 bits per heavy atom. The van der Waals surface area contributed by atoms with Crippen molar-refractivity contribution in [3.8, 4) is 5.75 Å². The van der Waals surface area contributed by atoms with Gasteiger partial charge >= 0.3 is 0 Å². The lowest BCUT2D eigenvalue weighted by Crippen LogP contribution is -1.84. The molecule has 15 heavy (non-hydrogen) atoms. The molecule has 0 aliphatic carbocycles. The average molecular weight is 224 g/mol. The third-order valence-electron chi connectivity index (χ3n) is 2.35. The van der Waals surface area contributed by atoms with Crippen molar-refractivity contribution in [3.63, 3.8) is 0 Å². The van der Waals surface area contributed by atoms with Gasteiger partial charge in [-0.05, 0) is 29.9 Å². The first-order valence-electron chi connectivity index (χ1n) is 5.68. The molecule has 0 bridgehead atoms. The smallest absolute Gasteiger partial charge is 0.115 e. The summed E-state index contributed by atoms with van der Waals surface area (Å²) in [6.45, 7) is 2.24. The number of hydrogen-bond donors (Lipinski definition) is 1. The Balaban J connectivity index is 2.07. The number of benzene rings is 1. The van der Waals surface area contributed by atoms with Gasteiger partial charge < -0.3 is 5.11 Å². The van der Waals surface area contributed by atoms with Crippen LogP contribution < -0.4 is 0 Å². The highest BCUT2D eigenvalue weighted by atomic mass is 32.2. The van der Waals surface area contributed by atoms with Crippen LogP contribution in [-0.4, -0.2) is 10.9 Å². The Labute approximate surface area is 96.9 Å². The van der Waals surface area contributed by atoms with E-state index in [9.17, 15) is 0 Å². The summed E-state index contributed by atoms with van der Waals surface area (Å²) in [6, 6.07) is 7.50. The van der Waals surface area contributed by atoms with E-state index in [4.69, 9.17) is 5.11 Å². The Morgan fingerprint density at radius 2 is 1.80 bits per heavy atom. The average Bonchev–Trinajstić information content (AvgIpc) is 2.26. The van der Waals surface area contributed by atoms with Gasteiger partial charge in [0.05, 0.1) is 0 Å². The van der Waals surface area contributed by atoms with Crippen LogP contribution in [0.4, 0.5) is 0 Å². The molecule has 1 aromatic rings. The predicted octanol–water partition coefficient (Wildman–Crippen LogP) is 4.21. The summed E-state index contributed by atoms with van der Waals surface area (Å²) in [5.41, 5.74) is 1.30. The summed E-state index contributed by atoms with van der Waals surface area (Å²) in [5.74, 6) is 2.67. The van der Waals surface area contributed by atoms with E-state index in [1.807, 2.05) is 23.9 Å². The van der Waals surface area contributed by atoms with Crippen LogP contribution in [0.2, 0.25) is 0 Å². The largest absolute Gasteiger partial charge is 0.508 e. The van der Waals surface area contributed by atoms with Crippen LogP contribution in [0.25, 0.3) is 0 Å². The van der Waals surface area contributed by atoms with E-state index in [0.717, 1.165) is 5.75 Å². The van der Waals surface area contributed by atoms with E-state index in [1.54, 1.807) is 12.1 Å². The zero-order chi connectivity index (χ0) is 10.9. The third kappa shape index (κ3) is 5.73. The molecule has 1 nitrogen and oxygen atoms in total. The predicted molar refractivity (Wildman–Crippen MR) is 68.4 cm³/mol. The van der Waals surface area contributed by atoms with Crippen LogP contribution in [-0.2, 0) is 5.75 Å². The number of phenolic OH excluding ortho intramolecular Hbond substituents is 1. The maximum absolute atomic E-state index is 9.12. The van der Waals surface area contributed by atoms with Gasteiger partial charge in [0.1, 0.15) is 5.75 Å². The van der Waals surface area contributed by atoms with Crippen molar-refractivity contribution in [3.05, 3.63) is 29.8 Å². The second kappa shape index (κ2) is 7.63. The number of unbranched alkanes of at least 4 members (excludes halogenated alkanes) is 3. The molecule has 0 saturated carbocycles. The molecule has 0 aliphatic heterocycles. The van der Waals surface area contributed by atoms with Gasteiger partial charge in [-0.3, -0.25) is 0 Å². The summed E-state index contributed by atoms with van der Waals surface area (Å²) in [7, 11) is 0. The third-order valence-corrected chi connectivity index (χ3v) is 3.46. The lowest BCUT2D eigenvalue weighted by Gasteiger charge is -2.02. The highest BCUT2D eigenvalue weighted by molar-refractivity contribution is 7.98. The minimum atomic E-state index is 0.353. The van der Waals surface area contributed by atoms with Gasteiger partial charge in [0.2, 0.25) is 0 Å². The fourth-order valence-electron chi connectivity index (χ4n) is 1.41. The van der Waals surface area contributed by atoms with Gasteiger partial charge in [-0.2, -0.15) is 11.8 Å². The molecule has 0 fully saturated rings. The van der Waals surface area contributed by atoms with Gasteiger partial charge in [-0.15, -0.1) is 0 Å². The molecule has 1 rings (SSSR count). The van der Waals surface area contributed by atoms with Crippen LogP contribution in [0.15, 0.2) is 24.3 Å². The number of phenols is 1. The normalized spacial score (nSPS) is 10.5. The van der Waals surface area contributed by atoms with E-state index in [-0.39, 0.29) is 0 Å². The molecule has 0 unspecified atom stereocenters. The van der Waals surface area contributed by atoms with Crippen LogP contribution in [0.3, 0.4) is 0 Å². The van der Waals surface area contributed by atoms with Gasteiger partial charge in [-0.25, -0.2) is 0 Å². The summed E-state index contributed by atoms with van der Waals surface area (Å²) in [6.07, 6.45) is 5.36. The summed E-state index contributed by atoms with van der Waals surface area (Å²) in [5, 5.41) is 9.12. The van der Waals surface area contributed by atoms with Crippen molar-refractivity contribution >= 4 is 11.8 Å². The number of hydrogen-bond acceptors (Lipinski definition) is 2. The second-order valence-corrected chi connectivity index (χ2v) is 4.88. The molecule has 0 aromatic heterocycles. The maximum atomic E-state index is 9.12. The molecule has 0 radical (unpaired) electrons. The minimum absolute atomic E-state index is 0.353. The molecule has 0 aliphatic rings. The highest BCUT2D eigenvalue weighted by Gasteiger charge is 1.94. The van der Waals surface area contributed by atoms with Gasteiger partial charge in [0.15, 0.2) is 0 Å². The van der Waals surface area contributed by atoms with Crippen molar-refractivity contribution in [2.45, 2.75) is 38.4 Å². The summed E-state index contributed by atoms with van der Waals surface area (Å²) in [4.78, 5) is 0. The number of thioether (sulfide) groups is 1. The van der Waals surface area contributed by atoms with Crippen LogP contribution in [0.5, 0.6) is 5.75 Å². The van der Waals surface area contributed by atoms with Crippen molar-refractivity contribution in [1.82, 2.24) is 0 Å². The van der Waals surface area contributed by atoms with E-state index in [1.165, 1.54) is 37.0 Å². The molecule has 0 amide bonds. The molecule has 1 aromatic carbocycles. The standard InChI is InChI=1S/C13H20OS/c1-2-3-4-5-10-15-11-12-6-8-13(14)9-7-12/h6-9,14H,2-5,10-11H2,1H3. The molecule has 0 spiro atoms.